The summed E-state index contributed by atoms with van der Waals surface area (Å²) in [4.78, 5) is 0. The standard InChI is InChI=1S/C8H8O2/c9-7-1-2-8-6(5-7)3-4-10-8/h1-2,5,9H,3-4H2. The fraction of sp³-hybridized carbons (Fsp3) is 0.250. The normalized spacial score (nSPS) is 14.4. The number of phenols is 1. The first kappa shape index (κ1) is 5.59. The maximum Gasteiger partial charge on any atom is 0.122 e. The second-order valence-corrected chi connectivity index (χ2v) is 2.39. The zero-order valence-electron chi connectivity index (χ0n) is 5.50. The summed E-state index contributed by atoms with van der Waals surface area (Å²) in [5.41, 5.74) is 1.11. The maximum atomic E-state index is 9.04. The molecule has 0 aliphatic carbocycles. The predicted molar refractivity (Wildman–Crippen MR) is 37.3 cm³/mol. The number of rotatable bonds is 0. The summed E-state index contributed by atoms with van der Waals surface area (Å²) in [5.74, 6) is 1.24. The van der Waals surface area contributed by atoms with Crippen LogP contribution in [0.5, 0.6) is 11.5 Å². The zero-order chi connectivity index (χ0) is 6.97. The van der Waals surface area contributed by atoms with Gasteiger partial charge in [0.05, 0.1) is 6.61 Å². The highest BCUT2D eigenvalue weighted by Gasteiger charge is 2.10. The topological polar surface area (TPSA) is 29.5 Å². The average molecular weight is 136 g/mol. The van der Waals surface area contributed by atoms with E-state index >= 15 is 0 Å². The van der Waals surface area contributed by atoms with Gasteiger partial charge in [0.1, 0.15) is 11.5 Å². The molecule has 1 aromatic rings. The van der Waals surface area contributed by atoms with Crippen molar-refractivity contribution in [3.63, 3.8) is 0 Å². The molecular weight excluding hydrogens is 128 g/mol. The van der Waals surface area contributed by atoms with Gasteiger partial charge in [0.15, 0.2) is 0 Å². The van der Waals surface area contributed by atoms with Crippen LogP contribution >= 0.6 is 0 Å². The van der Waals surface area contributed by atoms with E-state index in [1.54, 1.807) is 18.2 Å². The fourth-order valence-corrected chi connectivity index (χ4v) is 1.17. The lowest BCUT2D eigenvalue weighted by atomic mass is 10.2. The van der Waals surface area contributed by atoms with Crippen LogP contribution < -0.4 is 4.74 Å². The molecule has 1 N–H and O–H groups in total. The lowest BCUT2D eigenvalue weighted by Crippen LogP contribution is -1.85. The molecule has 0 fully saturated rings. The highest BCUT2D eigenvalue weighted by Crippen LogP contribution is 2.27. The van der Waals surface area contributed by atoms with Crippen LogP contribution in [0.15, 0.2) is 18.2 Å². The lowest BCUT2D eigenvalue weighted by Gasteiger charge is -1.96. The molecule has 0 saturated heterocycles. The Kier molecular flexibility index (Phi) is 1.07. The van der Waals surface area contributed by atoms with E-state index in [2.05, 4.69) is 0 Å². The maximum absolute atomic E-state index is 9.04. The highest BCUT2D eigenvalue weighted by atomic mass is 16.5. The van der Waals surface area contributed by atoms with Crippen LogP contribution in [-0.2, 0) is 6.42 Å². The summed E-state index contributed by atoms with van der Waals surface area (Å²) < 4.78 is 5.24. The number of aromatic hydroxyl groups is 1. The van der Waals surface area contributed by atoms with Gasteiger partial charge in [0.2, 0.25) is 0 Å². The van der Waals surface area contributed by atoms with Gasteiger partial charge >= 0.3 is 0 Å². The van der Waals surface area contributed by atoms with E-state index in [9.17, 15) is 0 Å². The molecule has 0 spiro atoms. The summed E-state index contributed by atoms with van der Waals surface area (Å²) in [5, 5.41) is 9.04. The third-order valence-electron chi connectivity index (χ3n) is 1.67. The van der Waals surface area contributed by atoms with Crippen molar-refractivity contribution in [3.05, 3.63) is 23.8 Å². The highest BCUT2D eigenvalue weighted by molar-refractivity contribution is 5.41. The minimum atomic E-state index is 0.323. The van der Waals surface area contributed by atoms with Crippen LogP contribution in [0.3, 0.4) is 0 Å². The summed E-state index contributed by atoms with van der Waals surface area (Å²) in [7, 11) is 0. The summed E-state index contributed by atoms with van der Waals surface area (Å²) in [6, 6.07) is 5.20. The first-order valence-electron chi connectivity index (χ1n) is 3.31. The molecule has 1 aliphatic rings. The minimum Gasteiger partial charge on any atom is -0.508 e. The number of fused-ring (bicyclic) bond motifs is 1. The SMILES string of the molecule is Oc1ccc2c(c1)CCO2. The van der Waals surface area contributed by atoms with Crippen molar-refractivity contribution in [1.29, 1.82) is 0 Å². The van der Waals surface area contributed by atoms with Gasteiger partial charge in [-0.3, -0.25) is 0 Å². The summed E-state index contributed by atoms with van der Waals surface area (Å²) in [6.07, 6.45) is 0.920. The first-order valence-corrected chi connectivity index (χ1v) is 3.31. The molecule has 2 heteroatoms. The van der Waals surface area contributed by atoms with Gasteiger partial charge in [-0.05, 0) is 18.2 Å². The fourth-order valence-electron chi connectivity index (χ4n) is 1.17. The lowest BCUT2D eigenvalue weighted by molar-refractivity contribution is 0.356. The number of hydrogen-bond acceptors (Lipinski definition) is 2. The Morgan fingerprint density at radius 1 is 1.40 bits per heavy atom. The van der Waals surface area contributed by atoms with E-state index in [4.69, 9.17) is 9.84 Å². The van der Waals surface area contributed by atoms with Gasteiger partial charge in [-0.1, -0.05) is 0 Å². The monoisotopic (exact) mass is 136 g/mol. The molecular formula is C8H8O2. The average Bonchev–Trinajstić information content (AvgIpc) is 2.33. The molecule has 2 nitrogen and oxygen atoms in total. The number of phenolic OH excluding ortho intramolecular Hbond substituents is 1. The molecule has 0 atom stereocenters. The molecule has 1 aromatic carbocycles. The van der Waals surface area contributed by atoms with Gasteiger partial charge in [-0.2, -0.15) is 0 Å². The van der Waals surface area contributed by atoms with Crippen molar-refractivity contribution in [2.45, 2.75) is 6.42 Å². The molecule has 0 aromatic heterocycles. The molecule has 0 amide bonds. The third kappa shape index (κ3) is 0.727. The molecule has 0 radical (unpaired) electrons. The van der Waals surface area contributed by atoms with Gasteiger partial charge in [0, 0.05) is 12.0 Å². The molecule has 1 aliphatic heterocycles. The Morgan fingerprint density at radius 3 is 3.20 bits per heavy atom. The van der Waals surface area contributed by atoms with Gasteiger partial charge in [0.25, 0.3) is 0 Å². The van der Waals surface area contributed by atoms with E-state index in [1.165, 1.54) is 0 Å². The van der Waals surface area contributed by atoms with Crippen molar-refractivity contribution in [2.24, 2.45) is 0 Å². The van der Waals surface area contributed by atoms with Crippen LogP contribution in [-0.4, -0.2) is 11.7 Å². The summed E-state index contributed by atoms with van der Waals surface area (Å²) in [6.45, 7) is 0.749. The van der Waals surface area contributed by atoms with Crippen molar-refractivity contribution in [3.8, 4) is 11.5 Å². The van der Waals surface area contributed by atoms with Crippen molar-refractivity contribution in [2.75, 3.05) is 6.61 Å². The number of benzene rings is 1. The van der Waals surface area contributed by atoms with Crippen molar-refractivity contribution < 1.29 is 9.84 Å². The predicted octanol–water partition coefficient (Wildman–Crippen LogP) is 1.33. The zero-order valence-corrected chi connectivity index (χ0v) is 5.50. The molecule has 2 rings (SSSR count). The Labute approximate surface area is 59.1 Å². The second kappa shape index (κ2) is 1.90. The molecule has 1 heterocycles. The molecule has 10 heavy (non-hydrogen) atoms. The molecule has 0 saturated carbocycles. The van der Waals surface area contributed by atoms with Crippen LogP contribution in [0.2, 0.25) is 0 Å². The van der Waals surface area contributed by atoms with E-state index in [0.29, 0.717) is 5.75 Å². The Balaban J connectivity index is 2.52. The molecule has 52 valence electrons. The van der Waals surface area contributed by atoms with E-state index in [-0.39, 0.29) is 0 Å². The number of hydrogen-bond donors (Lipinski definition) is 1. The largest absolute Gasteiger partial charge is 0.508 e. The Hall–Kier alpha value is -1.18. The van der Waals surface area contributed by atoms with Gasteiger partial charge in [-0.25, -0.2) is 0 Å². The molecule has 0 bridgehead atoms. The smallest absolute Gasteiger partial charge is 0.122 e. The van der Waals surface area contributed by atoms with Crippen LogP contribution in [0.25, 0.3) is 0 Å². The summed E-state index contributed by atoms with van der Waals surface area (Å²) >= 11 is 0. The molecule has 0 unspecified atom stereocenters. The Bertz CT molecular complexity index is 255. The number of ether oxygens (including phenoxy) is 1. The van der Waals surface area contributed by atoms with E-state index in [0.717, 1.165) is 24.3 Å². The van der Waals surface area contributed by atoms with E-state index in [1.807, 2.05) is 0 Å². The van der Waals surface area contributed by atoms with Gasteiger partial charge in [-0.15, -0.1) is 0 Å². The second-order valence-electron chi connectivity index (χ2n) is 2.39. The Morgan fingerprint density at radius 2 is 2.30 bits per heavy atom. The van der Waals surface area contributed by atoms with Crippen molar-refractivity contribution >= 4 is 0 Å². The quantitative estimate of drug-likeness (QED) is 0.583. The third-order valence-corrected chi connectivity index (χ3v) is 1.67. The first-order chi connectivity index (χ1) is 4.86. The van der Waals surface area contributed by atoms with Gasteiger partial charge < -0.3 is 9.84 Å². The van der Waals surface area contributed by atoms with Crippen LogP contribution in [0.4, 0.5) is 0 Å². The van der Waals surface area contributed by atoms with E-state index < -0.39 is 0 Å². The van der Waals surface area contributed by atoms with Crippen LogP contribution in [0.1, 0.15) is 5.56 Å². The minimum absolute atomic E-state index is 0.323. The van der Waals surface area contributed by atoms with Crippen molar-refractivity contribution in [1.82, 2.24) is 0 Å². The van der Waals surface area contributed by atoms with Crippen LogP contribution in [0, 0.1) is 0 Å².